The van der Waals surface area contributed by atoms with Gasteiger partial charge in [-0.1, -0.05) is 36.7 Å². The molecule has 0 radical (unpaired) electrons. The van der Waals surface area contributed by atoms with Crippen molar-refractivity contribution < 1.29 is 13.5 Å². The lowest BCUT2D eigenvalue weighted by atomic mass is 10.00. The van der Waals surface area contributed by atoms with Crippen LogP contribution in [0.2, 0.25) is 5.02 Å². The van der Waals surface area contributed by atoms with Crippen molar-refractivity contribution in [2.75, 3.05) is 18.1 Å². The Kier molecular flexibility index (Phi) is 7.02. The molecule has 10 heteroatoms. The fourth-order valence-corrected chi connectivity index (χ4v) is 7.35. The second kappa shape index (κ2) is 10.1. The number of pyridine rings is 2. The van der Waals surface area contributed by atoms with Gasteiger partial charge in [-0.15, -0.1) is 11.3 Å². The van der Waals surface area contributed by atoms with E-state index < -0.39 is 16.1 Å². The van der Waals surface area contributed by atoms with Gasteiger partial charge < -0.3 is 10.8 Å². The maximum atomic E-state index is 13.0. The number of aromatic nitrogens is 2. The highest BCUT2D eigenvalue weighted by Crippen LogP contribution is 2.40. The first-order chi connectivity index (χ1) is 17.2. The van der Waals surface area contributed by atoms with E-state index in [1.165, 1.54) is 11.3 Å². The molecule has 4 aromatic rings. The van der Waals surface area contributed by atoms with Crippen LogP contribution in [-0.4, -0.2) is 35.9 Å². The van der Waals surface area contributed by atoms with E-state index in [4.69, 9.17) is 17.3 Å². The monoisotopic (exact) mass is 542 g/mol. The van der Waals surface area contributed by atoms with E-state index in [0.29, 0.717) is 10.7 Å². The van der Waals surface area contributed by atoms with Gasteiger partial charge >= 0.3 is 0 Å². The van der Waals surface area contributed by atoms with Crippen LogP contribution >= 0.6 is 22.9 Å². The summed E-state index contributed by atoms with van der Waals surface area (Å²) >= 11 is 7.97. The number of anilines is 1. The summed E-state index contributed by atoms with van der Waals surface area (Å²) in [5, 5.41) is 10.9. The van der Waals surface area contributed by atoms with Crippen LogP contribution in [-0.2, 0) is 10.0 Å². The molecule has 5 rings (SSSR count). The molecule has 4 N–H and O–H groups in total. The highest BCUT2D eigenvalue weighted by Gasteiger charge is 2.32. The van der Waals surface area contributed by atoms with Crippen molar-refractivity contribution in [2.45, 2.75) is 31.7 Å². The molecule has 2 unspecified atom stereocenters. The molecule has 1 aliphatic carbocycles. The van der Waals surface area contributed by atoms with Crippen molar-refractivity contribution in [3.05, 3.63) is 75.9 Å². The first-order valence-corrected chi connectivity index (χ1v) is 14.6. The van der Waals surface area contributed by atoms with E-state index >= 15 is 0 Å². The number of rotatable bonds is 9. The first-order valence-electron chi connectivity index (χ1n) is 11.8. The SMILES string of the molecule is CC(CO)c1ccnc(-c2cccc3cc(C(NS(=O)(=O)CC4CC4)c4nc(N)ccc4Cl)sc23)c1. The first kappa shape index (κ1) is 25.1. The number of fused-ring (bicyclic) bond motifs is 1. The maximum absolute atomic E-state index is 13.0. The second-order valence-electron chi connectivity index (χ2n) is 9.31. The third-order valence-corrected chi connectivity index (χ3v) is 9.44. The number of hydrogen-bond donors (Lipinski definition) is 3. The van der Waals surface area contributed by atoms with E-state index in [-0.39, 0.29) is 30.0 Å². The van der Waals surface area contributed by atoms with Gasteiger partial charge in [0.05, 0.1) is 28.2 Å². The Morgan fingerprint density at radius 3 is 2.78 bits per heavy atom. The summed E-state index contributed by atoms with van der Waals surface area (Å²) in [6, 6.07) is 14.3. The van der Waals surface area contributed by atoms with Gasteiger partial charge in [0.25, 0.3) is 0 Å². The number of nitrogens with one attached hydrogen (secondary N) is 1. The number of hydrogen-bond acceptors (Lipinski definition) is 7. The van der Waals surface area contributed by atoms with Gasteiger partial charge in [0.2, 0.25) is 10.0 Å². The average Bonchev–Trinajstić information content (AvgIpc) is 3.56. The molecule has 36 heavy (non-hydrogen) atoms. The van der Waals surface area contributed by atoms with Crippen molar-refractivity contribution in [1.82, 2.24) is 14.7 Å². The molecule has 0 bridgehead atoms. The molecule has 188 valence electrons. The minimum Gasteiger partial charge on any atom is -0.396 e. The Labute approximate surface area is 219 Å². The van der Waals surface area contributed by atoms with Crippen molar-refractivity contribution in [2.24, 2.45) is 5.92 Å². The minimum absolute atomic E-state index is 0.00754. The third kappa shape index (κ3) is 5.40. The van der Waals surface area contributed by atoms with Gasteiger partial charge in [0, 0.05) is 33.9 Å². The van der Waals surface area contributed by atoms with E-state index in [1.807, 2.05) is 43.3 Å². The van der Waals surface area contributed by atoms with E-state index in [0.717, 1.165) is 44.6 Å². The van der Waals surface area contributed by atoms with E-state index in [1.54, 1.807) is 18.3 Å². The molecule has 3 aromatic heterocycles. The molecule has 1 aromatic carbocycles. The summed E-state index contributed by atoms with van der Waals surface area (Å²) in [7, 11) is -3.58. The summed E-state index contributed by atoms with van der Waals surface area (Å²) in [5.41, 5.74) is 9.05. The maximum Gasteiger partial charge on any atom is 0.212 e. The lowest BCUT2D eigenvalue weighted by molar-refractivity contribution is 0.273. The quantitative estimate of drug-likeness (QED) is 0.270. The molecule has 1 saturated carbocycles. The van der Waals surface area contributed by atoms with Gasteiger partial charge in [-0.25, -0.2) is 18.1 Å². The Hall–Kier alpha value is -2.56. The molecular weight excluding hydrogens is 516 g/mol. The molecule has 7 nitrogen and oxygen atoms in total. The number of nitrogen functional groups attached to an aromatic ring is 1. The fraction of sp³-hybridized carbons (Fsp3) is 0.308. The summed E-state index contributed by atoms with van der Waals surface area (Å²) in [6.45, 7) is 2.01. The average molecular weight is 543 g/mol. The van der Waals surface area contributed by atoms with Crippen molar-refractivity contribution >= 4 is 48.9 Å². The number of benzene rings is 1. The Morgan fingerprint density at radius 2 is 2.03 bits per heavy atom. The molecule has 0 amide bonds. The van der Waals surface area contributed by atoms with E-state index in [9.17, 15) is 13.5 Å². The third-order valence-electron chi connectivity index (χ3n) is 6.37. The molecule has 2 atom stereocenters. The molecule has 0 spiro atoms. The van der Waals surface area contributed by atoms with Gasteiger partial charge in [-0.2, -0.15) is 0 Å². The van der Waals surface area contributed by atoms with Gasteiger partial charge in [-0.05, 0) is 60.0 Å². The number of aliphatic hydroxyl groups excluding tert-OH is 1. The summed E-state index contributed by atoms with van der Waals surface area (Å²) in [4.78, 5) is 9.75. The van der Waals surface area contributed by atoms with Crippen LogP contribution in [0.5, 0.6) is 0 Å². The van der Waals surface area contributed by atoms with Crippen LogP contribution in [0.4, 0.5) is 5.82 Å². The number of aliphatic hydroxyl groups is 1. The van der Waals surface area contributed by atoms with Gasteiger partial charge in [0.15, 0.2) is 0 Å². The summed E-state index contributed by atoms with van der Waals surface area (Å²) in [6.07, 6.45) is 3.60. The summed E-state index contributed by atoms with van der Waals surface area (Å²) in [5.74, 6) is 0.536. The van der Waals surface area contributed by atoms with E-state index in [2.05, 4.69) is 14.7 Å². The molecule has 0 aliphatic heterocycles. The Bertz CT molecular complexity index is 1520. The standard InChI is InChI=1S/C26H27ClN4O3S2/c1-15(13-32)17-9-10-29-21(11-17)19-4-2-3-18-12-22(35-26(18)19)25(24-20(27)7-8-23(28)30-24)31-36(33,34)14-16-5-6-16/h2-4,7-12,15-16,25,31-32H,5-6,13-14H2,1H3,(H2,28,30). The molecular formula is C26H27ClN4O3S2. The van der Waals surface area contributed by atoms with Crippen LogP contribution in [0, 0.1) is 5.92 Å². The van der Waals surface area contributed by atoms with Crippen LogP contribution in [0.25, 0.3) is 21.3 Å². The van der Waals surface area contributed by atoms with Gasteiger partial charge in [-0.3, -0.25) is 4.98 Å². The number of thiophene rings is 1. The minimum atomic E-state index is -3.58. The molecule has 3 heterocycles. The number of nitrogens with zero attached hydrogens (tertiary/aromatic N) is 2. The number of halogens is 1. The van der Waals surface area contributed by atoms with Crippen molar-refractivity contribution in [3.8, 4) is 11.3 Å². The Balaban J connectivity index is 1.61. The predicted molar refractivity (Wildman–Crippen MR) is 146 cm³/mol. The zero-order chi connectivity index (χ0) is 25.4. The normalized spacial score (nSPS) is 15.8. The molecule has 1 fully saturated rings. The fourth-order valence-electron chi connectivity index (χ4n) is 4.18. The number of nitrogens with two attached hydrogens (primary N) is 1. The van der Waals surface area contributed by atoms with Crippen LogP contribution in [0.15, 0.2) is 54.7 Å². The molecule has 0 saturated heterocycles. The van der Waals surface area contributed by atoms with Gasteiger partial charge in [0.1, 0.15) is 5.82 Å². The predicted octanol–water partition coefficient (Wildman–Crippen LogP) is 5.11. The zero-order valence-corrected chi connectivity index (χ0v) is 22.1. The van der Waals surface area contributed by atoms with Crippen molar-refractivity contribution in [1.29, 1.82) is 0 Å². The van der Waals surface area contributed by atoms with Crippen molar-refractivity contribution in [3.63, 3.8) is 0 Å². The van der Waals surface area contributed by atoms with Crippen LogP contribution in [0.1, 0.15) is 47.9 Å². The molecule has 1 aliphatic rings. The largest absolute Gasteiger partial charge is 0.396 e. The topological polar surface area (TPSA) is 118 Å². The lowest BCUT2D eigenvalue weighted by Crippen LogP contribution is -2.32. The zero-order valence-electron chi connectivity index (χ0n) is 19.7. The van der Waals surface area contributed by atoms with Crippen LogP contribution < -0.4 is 10.5 Å². The second-order valence-corrected chi connectivity index (χ2v) is 12.6. The lowest BCUT2D eigenvalue weighted by Gasteiger charge is -2.18. The number of sulfonamides is 1. The van der Waals surface area contributed by atoms with Crippen LogP contribution in [0.3, 0.4) is 0 Å². The highest BCUT2D eigenvalue weighted by molar-refractivity contribution is 7.89. The Morgan fingerprint density at radius 1 is 1.22 bits per heavy atom. The highest BCUT2D eigenvalue weighted by atomic mass is 35.5. The summed E-state index contributed by atoms with van der Waals surface area (Å²) < 4.78 is 29.9. The smallest absolute Gasteiger partial charge is 0.212 e.